The molecular weight excluding hydrogens is 345 g/mol. The predicted octanol–water partition coefficient (Wildman–Crippen LogP) is 5.32. The van der Waals surface area contributed by atoms with Crippen LogP contribution in [0.25, 0.3) is 0 Å². The molecule has 2 amide bonds. The van der Waals surface area contributed by atoms with E-state index < -0.39 is 11.8 Å². The maximum absolute atomic E-state index is 12.9. The average Bonchev–Trinajstić information content (AvgIpc) is 2.55. The smallest absolute Gasteiger partial charge is 0.262 e. The van der Waals surface area contributed by atoms with E-state index in [0.29, 0.717) is 40.1 Å². The van der Waals surface area contributed by atoms with Crippen molar-refractivity contribution in [3.05, 3.63) is 69.7 Å². The first-order valence-electron chi connectivity index (χ1n) is 7.77. The maximum Gasteiger partial charge on any atom is 0.262 e. The number of hydrogen-bond acceptors (Lipinski definition) is 2. The summed E-state index contributed by atoms with van der Waals surface area (Å²) in [5.41, 5.74) is 0.617. The predicted molar refractivity (Wildman–Crippen MR) is 97.7 cm³/mol. The van der Waals surface area contributed by atoms with Crippen molar-refractivity contribution in [2.24, 2.45) is 5.92 Å². The summed E-state index contributed by atoms with van der Waals surface area (Å²) in [4.78, 5) is 27.0. The Bertz CT molecular complexity index is 686. The molecule has 2 rings (SSSR count). The highest BCUT2D eigenvalue weighted by Crippen LogP contribution is 2.22. The van der Waals surface area contributed by atoms with Gasteiger partial charge in [0.15, 0.2) is 0 Å². The summed E-state index contributed by atoms with van der Waals surface area (Å²) in [7, 11) is 0. The van der Waals surface area contributed by atoms with Gasteiger partial charge in [-0.3, -0.25) is 14.5 Å². The number of nitrogens with zero attached hydrogens (tertiary/aromatic N) is 1. The lowest BCUT2D eigenvalue weighted by Crippen LogP contribution is -2.38. The van der Waals surface area contributed by atoms with Crippen molar-refractivity contribution in [3.63, 3.8) is 0 Å². The third-order valence-corrected chi connectivity index (χ3v) is 4.29. The molecule has 5 heteroatoms. The molecule has 0 N–H and O–H groups in total. The number of hydrogen-bond donors (Lipinski definition) is 0. The van der Waals surface area contributed by atoms with Crippen LogP contribution in [0.3, 0.4) is 0 Å². The molecule has 0 spiro atoms. The number of carbonyl (C=O) groups excluding carboxylic acids is 2. The van der Waals surface area contributed by atoms with Gasteiger partial charge >= 0.3 is 0 Å². The second-order valence-electron chi connectivity index (χ2n) is 5.90. The average molecular weight is 364 g/mol. The van der Waals surface area contributed by atoms with Crippen LogP contribution in [0, 0.1) is 5.92 Å². The van der Waals surface area contributed by atoms with E-state index >= 15 is 0 Å². The van der Waals surface area contributed by atoms with Gasteiger partial charge in [-0.25, -0.2) is 0 Å². The maximum atomic E-state index is 12.9. The van der Waals surface area contributed by atoms with Crippen LogP contribution in [0.15, 0.2) is 48.5 Å². The van der Waals surface area contributed by atoms with Gasteiger partial charge in [0.2, 0.25) is 0 Å². The van der Waals surface area contributed by atoms with Crippen molar-refractivity contribution >= 4 is 35.0 Å². The van der Waals surface area contributed by atoms with Gasteiger partial charge in [-0.2, -0.15) is 0 Å². The number of rotatable bonds is 5. The monoisotopic (exact) mass is 363 g/mol. The molecule has 0 heterocycles. The third kappa shape index (κ3) is 4.37. The molecular formula is C19H19Cl2NO2. The van der Waals surface area contributed by atoms with Crippen LogP contribution >= 0.6 is 23.2 Å². The molecule has 0 aliphatic carbocycles. The fraction of sp³-hybridized carbons (Fsp3) is 0.263. The molecule has 0 aromatic heterocycles. The first-order valence-corrected chi connectivity index (χ1v) is 8.52. The van der Waals surface area contributed by atoms with Gasteiger partial charge in [-0.05, 0) is 36.6 Å². The summed E-state index contributed by atoms with van der Waals surface area (Å²) in [5, 5.41) is 0.646. The van der Waals surface area contributed by atoms with E-state index in [-0.39, 0.29) is 0 Å². The summed E-state index contributed by atoms with van der Waals surface area (Å²) < 4.78 is 0. The lowest BCUT2D eigenvalue weighted by molar-refractivity contribution is 0.0610. The lowest BCUT2D eigenvalue weighted by atomic mass is 10.1. The van der Waals surface area contributed by atoms with Crippen LogP contribution in [0.5, 0.6) is 0 Å². The largest absolute Gasteiger partial charge is 0.274 e. The van der Waals surface area contributed by atoms with Gasteiger partial charge in [-0.1, -0.05) is 61.3 Å². The van der Waals surface area contributed by atoms with E-state index in [2.05, 4.69) is 0 Å². The minimum atomic E-state index is -0.411. The topological polar surface area (TPSA) is 37.4 Å². The van der Waals surface area contributed by atoms with E-state index in [1.165, 1.54) is 4.90 Å². The zero-order valence-electron chi connectivity index (χ0n) is 13.6. The SMILES string of the molecule is CC(C)CCN(C(=O)c1ccccc1Cl)C(=O)c1ccccc1Cl. The number of amides is 2. The zero-order chi connectivity index (χ0) is 17.7. The fourth-order valence-corrected chi connectivity index (χ4v) is 2.68. The Balaban J connectivity index is 2.38. The van der Waals surface area contributed by atoms with Crippen LogP contribution < -0.4 is 0 Å². The number of halogens is 2. The van der Waals surface area contributed by atoms with Crippen molar-refractivity contribution < 1.29 is 9.59 Å². The summed E-state index contributed by atoms with van der Waals surface area (Å²) in [6.45, 7) is 4.39. The van der Waals surface area contributed by atoms with Gasteiger partial charge in [0.25, 0.3) is 11.8 Å². The highest BCUT2D eigenvalue weighted by molar-refractivity contribution is 6.35. The normalized spacial score (nSPS) is 10.7. The molecule has 0 bridgehead atoms. The van der Waals surface area contributed by atoms with Crippen LogP contribution in [0.1, 0.15) is 41.0 Å². The van der Waals surface area contributed by atoms with Gasteiger partial charge in [0.1, 0.15) is 0 Å². The van der Waals surface area contributed by atoms with Crippen LogP contribution in [-0.2, 0) is 0 Å². The second kappa shape index (κ2) is 8.32. The van der Waals surface area contributed by atoms with Gasteiger partial charge < -0.3 is 0 Å². The molecule has 0 saturated carbocycles. The first kappa shape index (κ1) is 18.5. The van der Waals surface area contributed by atoms with Crippen molar-refractivity contribution in [2.45, 2.75) is 20.3 Å². The lowest BCUT2D eigenvalue weighted by Gasteiger charge is -2.23. The van der Waals surface area contributed by atoms with Crippen LogP contribution in [-0.4, -0.2) is 23.3 Å². The van der Waals surface area contributed by atoms with Crippen LogP contribution in [0.2, 0.25) is 10.0 Å². The van der Waals surface area contributed by atoms with E-state index in [4.69, 9.17) is 23.2 Å². The molecule has 2 aromatic carbocycles. The zero-order valence-corrected chi connectivity index (χ0v) is 15.1. The molecule has 24 heavy (non-hydrogen) atoms. The molecule has 0 aliphatic rings. The van der Waals surface area contributed by atoms with Crippen molar-refractivity contribution in [3.8, 4) is 0 Å². The molecule has 0 atom stereocenters. The standard InChI is InChI=1S/C19H19Cl2NO2/c1-13(2)11-12-22(18(23)14-7-3-5-9-16(14)20)19(24)15-8-4-6-10-17(15)21/h3-10,13H,11-12H2,1-2H3. The Morgan fingerprint density at radius 1 is 0.875 bits per heavy atom. The van der Waals surface area contributed by atoms with Gasteiger partial charge in [0, 0.05) is 6.54 Å². The number of benzene rings is 2. The summed E-state index contributed by atoms with van der Waals surface area (Å²) >= 11 is 12.2. The Morgan fingerprint density at radius 3 is 1.67 bits per heavy atom. The Kier molecular flexibility index (Phi) is 6.41. The summed E-state index contributed by atoms with van der Waals surface area (Å²) in [6.07, 6.45) is 0.701. The Morgan fingerprint density at radius 2 is 1.29 bits per heavy atom. The second-order valence-corrected chi connectivity index (χ2v) is 6.72. The molecule has 2 aromatic rings. The molecule has 3 nitrogen and oxygen atoms in total. The number of carbonyl (C=O) groups is 2. The van der Waals surface area contributed by atoms with Crippen molar-refractivity contribution in [1.29, 1.82) is 0 Å². The minimum absolute atomic E-state index is 0.309. The fourth-order valence-electron chi connectivity index (χ4n) is 2.24. The first-order chi connectivity index (χ1) is 11.4. The van der Waals surface area contributed by atoms with Crippen LogP contribution in [0.4, 0.5) is 0 Å². The van der Waals surface area contributed by atoms with Crippen molar-refractivity contribution in [1.82, 2.24) is 4.90 Å². The van der Waals surface area contributed by atoms with Gasteiger partial charge in [0.05, 0.1) is 21.2 Å². The summed E-state index contributed by atoms with van der Waals surface area (Å²) in [5.74, 6) is -0.470. The van der Waals surface area contributed by atoms with E-state index in [1.807, 2.05) is 13.8 Å². The molecule has 0 saturated heterocycles. The molecule has 0 fully saturated rings. The Labute approximate surface area is 152 Å². The van der Waals surface area contributed by atoms with E-state index in [9.17, 15) is 9.59 Å². The minimum Gasteiger partial charge on any atom is -0.274 e. The van der Waals surface area contributed by atoms with E-state index in [0.717, 1.165) is 0 Å². The van der Waals surface area contributed by atoms with Gasteiger partial charge in [-0.15, -0.1) is 0 Å². The Hall–Kier alpha value is -1.84. The quantitative estimate of drug-likeness (QED) is 0.673. The molecule has 0 unspecified atom stereocenters. The highest BCUT2D eigenvalue weighted by Gasteiger charge is 2.26. The molecule has 126 valence electrons. The van der Waals surface area contributed by atoms with E-state index in [1.54, 1.807) is 48.5 Å². The summed E-state index contributed by atoms with van der Waals surface area (Å²) in [6, 6.07) is 13.4. The molecule has 0 radical (unpaired) electrons. The highest BCUT2D eigenvalue weighted by atomic mass is 35.5. The third-order valence-electron chi connectivity index (χ3n) is 3.63. The molecule has 0 aliphatic heterocycles. The van der Waals surface area contributed by atoms with Crippen molar-refractivity contribution in [2.75, 3.05) is 6.54 Å². The number of imide groups is 1.